The summed E-state index contributed by atoms with van der Waals surface area (Å²) in [7, 11) is 0. The van der Waals surface area contributed by atoms with E-state index < -0.39 is 18.0 Å². The Morgan fingerprint density at radius 3 is 2.62 bits per heavy atom. The highest BCUT2D eigenvalue weighted by molar-refractivity contribution is 9.10. The molecule has 0 bridgehead atoms. The summed E-state index contributed by atoms with van der Waals surface area (Å²) in [6, 6.07) is 4.90. The Labute approximate surface area is 103 Å². The molecule has 0 aliphatic heterocycles. The number of thioether (sulfide) groups is 1. The average Bonchev–Trinajstić information content (AvgIpc) is 2.17. The zero-order chi connectivity index (χ0) is 12.3. The van der Waals surface area contributed by atoms with Crippen LogP contribution in [-0.4, -0.2) is 23.1 Å². The molecule has 0 spiro atoms. The van der Waals surface area contributed by atoms with Crippen LogP contribution >= 0.6 is 27.7 Å². The third kappa shape index (κ3) is 3.88. The fraction of sp³-hybridized carbons (Fsp3) is 0.333. The molecule has 1 rings (SSSR count). The van der Waals surface area contributed by atoms with Gasteiger partial charge in [0, 0.05) is 20.8 Å². The zero-order valence-electron chi connectivity index (χ0n) is 7.96. The molecule has 16 heavy (non-hydrogen) atoms. The van der Waals surface area contributed by atoms with Crippen molar-refractivity contribution in [3.63, 3.8) is 0 Å². The molecule has 0 saturated carbocycles. The van der Waals surface area contributed by atoms with Crippen molar-refractivity contribution >= 4 is 33.4 Å². The summed E-state index contributed by atoms with van der Waals surface area (Å²) < 4.78 is 36.8. The van der Waals surface area contributed by atoms with Gasteiger partial charge >= 0.3 is 6.18 Å². The number of hydrogen-bond donors (Lipinski definition) is 2. The lowest BCUT2D eigenvalue weighted by molar-refractivity contribution is -0.195. The number of aliphatic hydroxyl groups excluding tert-OH is 1. The third-order valence-corrected chi connectivity index (χ3v) is 3.39. The van der Waals surface area contributed by atoms with Crippen LogP contribution in [0, 0.1) is 0 Å². The van der Waals surface area contributed by atoms with Gasteiger partial charge in [-0.1, -0.05) is 15.9 Å². The molecular weight excluding hydrogens is 307 g/mol. The highest BCUT2D eigenvalue weighted by atomic mass is 79.9. The molecule has 1 atom stereocenters. The predicted octanol–water partition coefficient (Wildman–Crippen LogP) is 3.05. The lowest BCUT2D eigenvalue weighted by Crippen LogP contribution is -2.30. The van der Waals surface area contributed by atoms with E-state index in [2.05, 4.69) is 15.9 Å². The number of nitrogens with two attached hydrogens (primary N) is 1. The SMILES string of the molecule is Nc1ccc(Br)cc1SCC(O)C(F)(F)F. The maximum Gasteiger partial charge on any atom is 0.415 e. The minimum absolute atomic E-state index is 0.391. The Morgan fingerprint density at radius 2 is 2.06 bits per heavy atom. The van der Waals surface area contributed by atoms with Crippen molar-refractivity contribution in [2.45, 2.75) is 17.2 Å². The summed E-state index contributed by atoms with van der Waals surface area (Å²) in [5, 5.41) is 8.81. The van der Waals surface area contributed by atoms with Gasteiger partial charge in [-0.15, -0.1) is 11.8 Å². The topological polar surface area (TPSA) is 46.2 Å². The van der Waals surface area contributed by atoms with E-state index in [1.54, 1.807) is 18.2 Å². The number of anilines is 1. The minimum atomic E-state index is -4.59. The molecule has 0 aliphatic carbocycles. The van der Waals surface area contributed by atoms with Crippen LogP contribution in [0.4, 0.5) is 18.9 Å². The summed E-state index contributed by atoms with van der Waals surface area (Å²) in [6.07, 6.45) is -6.93. The molecule has 3 N–H and O–H groups in total. The van der Waals surface area contributed by atoms with Gasteiger partial charge in [-0.05, 0) is 18.2 Å². The Bertz CT molecular complexity index is 372. The molecule has 0 amide bonds. The monoisotopic (exact) mass is 315 g/mol. The zero-order valence-corrected chi connectivity index (χ0v) is 10.4. The van der Waals surface area contributed by atoms with Crippen molar-refractivity contribution in [2.24, 2.45) is 0 Å². The molecule has 1 aromatic rings. The number of benzene rings is 1. The van der Waals surface area contributed by atoms with Crippen molar-refractivity contribution < 1.29 is 18.3 Å². The largest absolute Gasteiger partial charge is 0.415 e. The Kier molecular flexibility index (Phi) is 4.52. The highest BCUT2D eigenvalue weighted by Gasteiger charge is 2.37. The van der Waals surface area contributed by atoms with Gasteiger partial charge in [-0.2, -0.15) is 13.2 Å². The first-order valence-corrected chi connectivity index (χ1v) is 6.01. The van der Waals surface area contributed by atoms with E-state index >= 15 is 0 Å². The van der Waals surface area contributed by atoms with Gasteiger partial charge in [0.2, 0.25) is 0 Å². The van der Waals surface area contributed by atoms with Crippen LogP contribution in [0.3, 0.4) is 0 Å². The maximum atomic E-state index is 12.0. The maximum absolute atomic E-state index is 12.0. The van der Waals surface area contributed by atoms with Crippen LogP contribution in [0.2, 0.25) is 0 Å². The average molecular weight is 316 g/mol. The number of hydrogen-bond acceptors (Lipinski definition) is 3. The van der Waals surface area contributed by atoms with E-state index in [-0.39, 0.29) is 0 Å². The van der Waals surface area contributed by atoms with Crippen LogP contribution in [0.1, 0.15) is 0 Å². The molecule has 0 aliphatic rings. The first-order chi connectivity index (χ1) is 7.30. The molecule has 0 heterocycles. The fourth-order valence-corrected chi connectivity index (χ4v) is 2.38. The molecule has 0 aromatic heterocycles. The summed E-state index contributed by atoms with van der Waals surface area (Å²) in [6.45, 7) is 0. The van der Waals surface area contributed by atoms with E-state index in [0.29, 0.717) is 10.6 Å². The van der Waals surface area contributed by atoms with Gasteiger partial charge in [0.25, 0.3) is 0 Å². The Hall–Kier alpha value is -0.400. The number of rotatable bonds is 3. The second kappa shape index (κ2) is 5.29. The lowest BCUT2D eigenvalue weighted by atomic mass is 10.3. The first-order valence-electron chi connectivity index (χ1n) is 4.23. The lowest BCUT2D eigenvalue weighted by Gasteiger charge is -2.14. The Morgan fingerprint density at radius 1 is 1.44 bits per heavy atom. The summed E-state index contributed by atoms with van der Waals surface area (Å²) in [5.74, 6) is -0.468. The van der Waals surface area contributed by atoms with Crippen LogP contribution in [-0.2, 0) is 0 Å². The number of aliphatic hydroxyl groups is 1. The van der Waals surface area contributed by atoms with Gasteiger partial charge in [0.05, 0.1) is 0 Å². The first kappa shape index (κ1) is 13.7. The predicted molar refractivity (Wildman–Crippen MR) is 61.3 cm³/mol. The molecule has 1 unspecified atom stereocenters. The number of halogens is 4. The highest BCUT2D eigenvalue weighted by Crippen LogP contribution is 2.31. The quantitative estimate of drug-likeness (QED) is 0.665. The fourth-order valence-electron chi connectivity index (χ4n) is 0.896. The molecule has 7 heteroatoms. The molecule has 90 valence electrons. The third-order valence-electron chi connectivity index (χ3n) is 1.75. The summed E-state index contributed by atoms with van der Waals surface area (Å²) in [4.78, 5) is 0.512. The van der Waals surface area contributed by atoms with Crippen molar-refractivity contribution in [3.8, 4) is 0 Å². The molecule has 2 nitrogen and oxygen atoms in total. The molecule has 1 aromatic carbocycles. The van der Waals surface area contributed by atoms with Gasteiger partial charge in [0.15, 0.2) is 6.10 Å². The van der Waals surface area contributed by atoms with Crippen LogP contribution in [0.15, 0.2) is 27.6 Å². The van der Waals surface area contributed by atoms with Crippen molar-refractivity contribution in [2.75, 3.05) is 11.5 Å². The summed E-state index contributed by atoms with van der Waals surface area (Å²) in [5.41, 5.74) is 5.97. The van der Waals surface area contributed by atoms with Crippen LogP contribution in [0.5, 0.6) is 0 Å². The van der Waals surface area contributed by atoms with Gasteiger partial charge < -0.3 is 10.8 Å². The van der Waals surface area contributed by atoms with Crippen LogP contribution < -0.4 is 5.73 Å². The van der Waals surface area contributed by atoms with Gasteiger partial charge in [-0.3, -0.25) is 0 Å². The van der Waals surface area contributed by atoms with Crippen LogP contribution in [0.25, 0.3) is 0 Å². The molecule has 0 fully saturated rings. The molecular formula is C9H9BrF3NOS. The number of alkyl halides is 3. The normalized spacial score (nSPS) is 13.8. The van der Waals surface area contributed by atoms with E-state index in [9.17, 15) is 13.2 Å². The van der Waals surface area contributed by atoms with E-state index in [1.165, 1.54) is 0 Å². The molecule has 0 saturated heterocycles. The van der Waals surface area contributed by atoms with Crippen molar-refractivity contribution in [1.82, 2.24) is 0 Å². The molecule has 0 radical (unpaired) electrons. The van der Waals surface area contributed by atoms with Crippen molar-refractivity contribution in [3.05, 3.63) is 22.7 Å². The van der Waals surface area contributed by atoms with Crippen molar-refractivity contribution in [1.29, 1.82) is 0 Å². The second-order valence-corrected chi connectivity index (χ2v) is 5.03. The smallest absolute Gasteiger partial charge is 0.398 e. The van der Waals surface area contributed by atoms with Gasteiger partial charge in [0.1, 0.15) is 0 Å². The van der Waals surface area contributed by atoms with E-state index in [4.69, 9.17) is 10.8 Å². The Balaban J connectivity index is 2.64. The summed E-state index contributed by atoms with van der Waals surface area (Å²) >= 11 is 4.06. The van der Waals surface area contributed by atoms with E-state index in [0.717, 1.165) is 16.2 Å². The van der Waals surface area contributed by atoms with Gasteiger partial charge in [-0.25, -0.2) is 0 Å². The minimum Gasteiger partial charge on any atom is -0.398 e. The van der Waals surface area contributed by atoms with E-state index in [1.807, 2.05) is 0 Å². The number of nitrogen functional groups attached to an aromatic ring is 1. The standard InChI is InChI=1S/C9H9BrF3NOS/c10-5-1-2-6(14)7(3-5)16-4-8(15)9(11,12)13/h1-3,8,15H,4,14H2. The second-order valence-electron chi connectivity index (χ2n) is 3.05.